The Morgan fingerprint density at radius 2 is 2.47 bits per heavy atom. The van der Waals surface area contributed by atoms with Gasteiger partial charge in [-0.3, -0.25) is 9.89 Å². The van der Waals surface area contributed by atoms with Gasteiger partial charge in [-0.05, 0) is 44.7 Å². The highest BCUT2D eigenvalue weighted by atomic mass is 16.1. The van der Waals surface area contributed by atoms with E-state index in [4.69, 9.17) is 0 Å². The summed E-state index contributed by atoms with van der Waals surface area (Å²) < 4.78 is 0. The molecule has 19 heavy (non-hydrogen) atoms. The summed E-state index contributed by atoms with van der Waals surface area (Å²) in [4.78, 5) is 15.7. The molecule has 1 aliphatic heterocycles. The second kappa shape index (κ2) is 7.89. The van der Waals surface area contributed by atoms with Crippen LogP contribution in [0.25, 0.3) is 0 Å². The standard InChI is InChI=1S/C13H23N5O/c19-13(6-5-11-3-1-7-14-9-11)15-8-2-4-12-16-10-17-18-12/h10-11,14H,1-9H2,(H,15,19)(H,16,17,18). The first-order chi connectivity index (χ1) is 9.34. The van der Waals surface area contributed by atoms with E-state index in [2.05, 4.69) is 25.8 Å². The van der Waals surface area contributed by atoms with E-state index in [1.165, 1.54) is 19.2 Å². The second-order valence-corrected chi connectivity index (χ2v) is 5.14. The van der Waals surface area contributed by atoms with Crippen molar-refractivity contribution >= 4 is 5.91 Å². The summed E-state index contributed by atoms with van der Waals surface area (Å²) in [5, 5.41) is 12.9. The van der Waals surface area contributed by atoms with Gasteiger partial charge < -0.3 is 10.6 Å². The van der Waals surface area contributed by atoms with Crippen molar-refractivity contribution in [1.82, 2.24) is 25.8 Å². The van der Waals surface area contributed by atoms with Crippen molar-refractivity contribution in [1.29, 1.82) is 0 Å². The van der Waals surface area contributed by atoms with E-state index >= 15 is 0 Å². The third-order valence-corrected chi connectivity index (χ3v) is 3.56. The molecular formula is C13H23N5O. The Hall–Kier alpha value is -1.43. The molecule has 1 aromatic heterocycles. The normalized spacial score (nSPS) is 19.3. The molecule has 0 spiro atoms. The minimum absolute atomic E-state index is 0.170. The molecule has 0 saturated carbocycles. The molecule has 1 saturated heterocycles. The summed E-state index contributed by atoms with van der Waals surface area (Å²) in [5.41, 5.74) is 0. The third-order valence-electron chi connectivity index (χ3n) is 3.56. The molecule has 1 atom stereocenters. The Bertz CT molecular complexity index is 359. The lowest BCUT2D eigenvalue weighted by atomic mass is 9.94. The van der Waals surface area contributed by atoms with Gasteiger partial charge in [0.15, 0.2) is 0 Å². The van der Waals surface area contributed by atoms with Crippen LogP contribution in [0.2, 0.25) is 0 Å². The molecule has 1 aliphatic rings. The first-order valence-electron chi connectivity index (χ1n) is 7.16. The molecule has 1 fully saturated rings. The second-order valence-electron chi connectivity index (χ2n) is 5.14. The van der Waals surface area contributed by atoms with Gasteiger partial charge in [-0.2, -0.15) is 5.10 Å². The van der Waals surface area contributed by atoms with Crippen LogP contribution in [-0.2, 0) is 11.2 Å². The summed E-state index contributed by atoms with van der Waals surface area (Å²) in [7, 11) is 0. The van der Waals surface area contributed by atoms with E-state index < -0.39 is 0 Å². The summed E-state index contributed by atoms with van der Waals surface area (Å²) in [6.45, 7) is 2.91. The molecule has 1 aromatic rings. The molecule has 1 unspecified atom stereocenters. The van der Waals surface area contributed by atoms with Crippen molar-refractivity contribution in [3.63, 3.8) is 0 Å². The lowest BCUT2D eigenvalue weighted by Gasteiger charge is -2.22. The minimum atomic E-state index is 0.170. The summed E-state index contributed by atoms with van der Waals surface area (Å²) in [5.74, 6) is 1.72. The summed E-state index contributed by atoms with van der Waals surface area (Å²) in [6.07, 6.45) is 7.37. The zero-order valence-electron chi connectivity index (χ0n) is 11.3. The van der Waals surface area contributed by atoms with Crippen LogP contribution in [0.5, 0.6) is 0 Å². The molecule has 0 aliphatic carbocycles. The number of nitrogens with one attached hydrogen (secondary N) is 3. The van der Waals surface area contributed by atoms with E-state index in [9.17, 15) is 4.79 Å². The van der Waals surface area contributed by atoms with Crippen LogP contribution in [0.3, 0.4) is 0 Å². The van der Waals surface area contributed by atoms with Gasteiger partial charge in [-0.25, -0.2) is 4.98 Å². The average molecular weight is 265 g/mol. The van der Waals surface area contributed by atoms with Crippen molar-refractivity contribution in [3.8, 4) is 0 Å². The number of carbonyl (C=O) groups is 1. The van der Waals surface area contributed by atoms with Crippen LogP contribution in [0.15, 0.2) is 6.33 Å². The third kappa shape index (κ3) is 5.38. The molecule has 6 heteroatoms. The van der Waals surface area contributed by atoms with Gasteiger partial charge >= 0.3 is 0 Å². The van der Waals surface area contributed by atoms with Gasteiger partial charge in [0.1, 0.15) is 12.2 Å². The lowest BCUT2D eigenvalue weighted by molar-refractivity contribution is -0.121. The van der Waals surface area contributed by atoms with E-state index in [1.54, 1.807) is 0 Å². The number of hydrogen-bond acceptors (Lipinski definition) is 4. The topological polar surface area (TPSA) is 82.7 Å². The fraction of sp³-hybridized carbons (Fsp3) is 0.769. The predicted molar refractivity (Wildman–Crippen MR) is 72.5 cm³/mol. The molecule has 1 amide bonds. The minimum Gasteiger partial charge on any atom is -0.356 e. The quantitative estimate of drug-likeness (QED) is 0.632. The highest BCUT2D eigenvalue weighted by Gasteiger charge is 2.14. The summed E-state index contributed by atoms with van der Waals surface area (Å²) in [6, 6.07) is 0. The Balaban J connectivity index is 1.49. The first-order valence-corrected chi connectivity index (χ1v) is 7.16. The van der Waals surface area contributed by atoms with Crippen molar-refractivity contribution in [2.24, 2.45) is 5.92 Å². The smallest absolute Gasteiger partial charge is 0.220 e. The van der Waals surface area contributed by atoms with Gasteiger partial charge in [-0.15, -0.1) is 0 Å². The molecule has 2 rings (SSSR count). The van der Waals surface area contributed by atoms with Gasteiger partial charge in [0.2, 0.25) is 5.91 Å². The van der Waals surface area contributed by atoms with Crippen LogP contribution in [-0.4, -0.2) is 40.7 Å². The zero-order valence-corrected chi connectivity index (χ0v) is 11.3. The Morgan fingerprint density at radius 3 is 3.21 bits per heavy atom. The number of rotatable bonds is 7. The van der Waals surface area contributed by atoms with E-state index in [0.717, 1.165) is 38.2 Å². The predicted octanol–water partition coefficient (Wildman–Crippen LogP) is 0.633. The first kappa shape index (κ1) is 14.0. The van der Waals surface area contributed by atoms with Crippen molar-refractivity contribution in [2.45, 2.75) is 38.5 Å². The van der Waals surface area contributed by atoms with Crippen molar-refractivity contribution in [2.75, 3.05) is 19.6 Å². The highest BCUT2D eigenvalue weighted by Crippen LogP contribution is 2.15. The highest BCUT2D eigenvalue weighted by molar-refractivity contribution is 5.75. The number of piperidine rings is 1. The number of nitrogens with zero attached hydrogens (tertiary/aromatic N) is 2. The van der Waals surface area contributed by atoms with Crippen LogP contribution in [0.4, 0.5) is 0 Å². The molecular weight excluding hydrogens is 242 g/mol. The Kier molecular flexibility index (Phi) is 5.81. The molecule has 2 heterocycles. The maximum atomic E-state index is 11.7. The van der Waals surface area contributed by atoms with E-state index in [1.807, 2.05) is 0 Å². The molecule has 0 aromatic carbocycles. The van der Waals surface area contributed by atoms with Crippen LogP contribution in [0, 0.1) is 5.92 Å². The Morgan fingerprint density at radius 1 is 1.53 bits per heavy atom. The monoisotopic (exact) mass is 265 g/mol. The van der Waals surface area contributed by atoms with Crippen LogP contribution < -0.4 is 10.6 Å². The lowest BCUT2D eigenvalue weighted by Crippen LogP contribution is -2.31. The average Bonchev–Trinajstić information content (AvgIpc) is 2.96. The van der Waals surface area contributed by atoms with E-state index in [-0.39, 0.29) is 5.91 Å². The molecule has 3 N–H and O–H groups in total. The number of hydrogen-bond donors (Lipinski definition) is 3. The zero-order chi connectivity index (χ0) is 13.3. The number of carbonyl (C=O) groups excluding carboxylic acids is 1. The van der Waals surface area contributed by atoms with Crippen LogP contribution >= 0.6 is 0 Å². The molecule has 0 bridgehead atoms. The fourth-order valence-corrected chi connectivity index (χ4v) is 2.43. The van der Waals surface area contributed by atoms with Crippen molar-refractivity contribution < 1.29 is 4.79 Å². The van der Waals surface area contributed by atoms with E-state index in [0.29, 0.717) is 18.9 Å². The molecule has 106 valence electrons. The largest absolute Gasteiger partial charge is 0.356 e. The number of aromatic amines is 1. The fourth-order valence-electron chi connectivity index (χ4n) is 2.43. The number of aromatic nitrogens is 3. The van der Waals surface area contributed by atoms with Gasteiger partial charge in [0.25, 0.3) is 0 Å². The van der Waals surface area contributed by atoms with Crippen molar-refractivity contribution in [3.05, 3.63) is 12.2 Å². The maximum Gasteiger partial charge on any atom is 0.220 e. The van der Waals surface area contributed by atoms with Gasteiger partial charge in [-0.1, -0.05) is 0 Å². The SMILES string of the molecule is O=C(CCC1CCCNC1)NCCCc1ncn[nH]1. The van der Waals surface area contributed by atoms with Gasteiger partial charge in [0, 0.05) is 19.4 Å². The van der Waals surface area contributed by atoms with Gasteiger partial charge in [0.05, 0.1) is 0 Å². The molecule has 6 nitrogen and oxygen atoms in total. The molecule has 0 radical (unpaired) electrons. The Labute approximate surface area is 113 Å². The maximum absolute atomic E-state index is 11.7. The number of H-pyrrole nitrogens is 1. The summed E-state index contributed by atoms with van der Waals surface area (Å²) >= 11 is 0. The number of amides is 1. The van der Waals surface area contributed by atoms with Crippen LogP contribution in [0.1, 0.15) is 37.9 Å². The number of aryl methyl sites for hydroxylation is 1.